The number of nitrogens with two attached hydrogens (primary N) is 1. The number of hydrazine groups is 1. The van der Waals surface area contributed by atoms with Gasteiger partial charge in [-0.2, -0.15) is 4.98 Å². The van der Waals surface area contributed by atoms with Gasteiger partial charge >= 0.3 is 6.01 Å². The number of rotatable bonds is 6. The SMILES string of the molecule is CCCNC(=O)C1=C(N)c2ccc(F)c(-c3cnc(OC)nc3OC)c2NN1. The van der Waals surface area contributed by atoms with Crippen LogP contribution in [0, 0.1) is 5.82 Å². The van der Waals surface area contributed by atoms with Crippen molar-refractivity contribution in [1.82, 2.24) is 20.7 Å². The molecule has 0 aliphatic carbocycles. The maximum Gasteiger partial charge on any atom is 0.319 e. The zero-order chi connectivity index (χ0) is 20.3. The van der Waals surface area contributed by atoms with E-state index in [1.165, 1.54) is 32.5 Å². The predicted molar refractivity (Wildman–Crippen MR) is 102 cm³/mol. The minimum Gasteiger partial charge on any atom is -0.480 e. The van der Waals surface area contributed by atoms with Crippen molar-refractivity contribution in [2.24, 2.45) is 5.73 Å². The highest BCUT2D eigenvalue weighted by Gasteiger charge is 2.27. The van der Waals surface area contributed by atoms with Crippen LogP contribution in [0.25, 0.3) is 16.8 Å². The quantitative estimate of drug-likeness (QED) is 0.585. The van der Waals surface area contributed by atoms with E-state index in [1.54, 1.807) is 0 Å². The van der Waals surface area contributed by atoms with Gasteiger partial charge in [-0.1, -0.05) is 6.92 Å². The average molecular weight is 388 g/mol. The van der Waals surface area contributed by atoms with Crippen LogP contribution in [-0.2, 0) is 4.79 Å². The van der Waals surface area contributed by atoms with Crippen molar-refractivity contribution in [3.05, 3.63) is 35.4 Å². The zero-order valence-corrected chi connectivity index (χ0v) is 15.7. The molecule has 9 nitrogen and oxygen atoms in total. The topological polar surface area (TPSA) is 123 Å². The fraction of sp³-hybridized carbons (Fsp3) is 0.278. The lowest BCUT2D eigenvalue weighted by Crippen LogP contribution is -2.39. The molecular weight excluding hydrogens is 367 g/mol. The molecule has 0 bridgehead atoms. The molecule has 0 saturated heterocycles. The molecule has 1 aliphatic rings. The monoisotopic (exact) mass is 388 g/mol. The van der Waals surface area contributed by atoms with E-state index >= 15 is 0 Å². The van der Waals surface area contributed by atoms with Gasteiger partial charge in [0.25, 0.3) is 5.91 Å². The number of anilines is 1. The van der Waals surface area contributed by atoms with E-state index in [4.69, 9.17) is 15.2 Å². The second-order valence-corrected chi connectivity index (χ2v) is 5.92. The molecule has 0 saturated carbocycles. The van der Waals surface area contributed by atoms with Gasteiger partial charge in [0, 0.05) is 18.3 Å². The number of halogens is 1. The summed E-state index contributed by atoms with van der Waals surface area (Å²) in [6.07, 6.45) is 2.18. The Hall–Kier alpha value is -3.56. The lowest BCUT2D eigenvalue weighted by molar-refractivity contribution is -0.117. The summed E-state index contributed by atoms with van der Waals surface area (Å²) in [6.45, 7) is 2.46. The Bertz CT molecular complexity index is 947. The molecule has 0 fully saturated rings. The van der Waals surface area contributed by atoms with E-state index in [-0.39, 0.29) is 34.8 Å². The molecule has 0 unspecified atom stereocenters. The van der Waals surface area contributed by atoms with Crippen LogP contribution in [-0.4, -0.2) is 36.6 Å². The molecule has 148 valence electrons. The van der Waals surface area contributed by atoms with Gasteiger partial charge in [-0.05, 0) is 18.6 Å². The highest BCUT2D eigenvalue weighted by molar-refractivity contribution is 6.04. The van der Waals surface area contributed by atoms with Gasteiger partial charge in [-0.15, -0.1) is 0 Å². The summed E-state index contributed by atoms with van der Waals surface area (Å²) < 4.78 is 25.0. The number of amides is 1. The van der Waals surface area contributed by atoms with Crippen molar-refractivity contribution in [3.63, 3.8) is 0 Å². The first-order valence-corrected chi connectivity index (χ1v) is 8.60. The lowest BCUT2D eigenvalue weighted by Gasteiger charge is -2.26. The van der Waals surface area contributed by atoms with E-state index in [1.807, 2.05) is 6.92 Å². The van der Waals surface area contributed by atoms with Crippen LogP contribution in [0.4, 0.5) is 10.1 Å². The number of benzene rings is 1. The van der Waals surface area contributed by atoms with E-state index in [0.717, 1.165) is 6.42 Å². The van der Waals surface area contributed by atoms with Crippen molar-refractivity contribution >= 4 is 17.3 Å². The predicted octanol–water partition coefficient (Wildman–Crippen LogP) is 1.38. The van der Waals surface area contributed by atoms with E-state index in [2.05, 4.69) is 26.1 Å². The molecule has 0 radical (unpaired) electrons. The third-order valence-corrected chi connectivity index (χ3v) is 4.17. The Morgan fingerprint density at radius 3 is 2.71 bits per heavy atom. The molecular formula is C18H21FN6O3. The van der Waals surface area contributed by atoms with Crippen molar-refractivity contribution in [2.75, 3.05) is 26.2 Å². The molecule has 10 heteroatoms. The number of hydrogen-bond donors (Lipinski definition) is 4. The van der Waals surface area contributed by atoms with Gasteiger partial charge in [0.2, 0.25) is 5.88 Å². The Balaban J connectivity index is 2.12. The Labute approximate surface area is 161 Å². The van der Waals surface area contributed by atoms with Gasteiger partial charge < -0.3 is 20.5 Å². The van der Waals surface area contributed by atoms with Gasteiger partial charge in [-0.3, -0.25) is 15.6 Å². The van der Waals surface area contributed by atoms with Crippen LogP contribution in [0.15, 0.2) is 24.0 Å². The largest absolute Gasteiger partial charge is 0.480 e. The molecule has 5 N–H and O–H groups in total. The first-order chi connectivity index (χ1) is 13.5. The summed E-state index contributed by atoms with van der Waals surface area (Å²) in [6, 6.07) is 2.85. The standard InChI is InChI=1S/C18H21FN6O3/c1-4-7-21-16(26)15-13(20)9-5-6-11(19)12(14(9)24-25-15)10-8-22-18(28-3)23-17(10)27-2/h5-6,8,24-25H,4,7,20H2,1-3H3,(H,21,26). The molecule has 2 aromatic rings. The van der Waals surface area contributed by atoms with Crippen LogP contribution in [0.1, 0.15) is 18.9 Å². The molecule has 0 atom stereocenters. The van der Waals surface area contributed by atoms with Crippen LogP contribution >= 0.6 is 0 Å². The summed E-state index contributed by atoms with van der Waals surface area (Å²) in [5, 5.41) is 2.74. The van der Waals surface area contributed by atoms with Crippen molar-refractivity contribution in [2.45, 2.75) is 13.3 Å². The third-order valence-electron chi connectivity index (χ3n) is 4.17. The van der Waals surface area contributed by atoms with Crippen molar-refractivity contribution < 1.29 is 18.7 Å². The Kier molecular flexibility index (Phi) is 5.48. The number of fused-ring (bicyclic) bond motifs is 1. The molecule has 1 amide bonds. The maximum atomic E-state index is 14.8. The zero-order valence-electron chi connectivity index (χ0n) is 15.7. The maximum absolute atomic E-state index is 14.8. The fourth-order valence-electron chi connectivity index (χ4n) is 2.80. The summed E-state index contributed by atoms with van der Waals surface area (Å²) in [5.41, 5.74) is 13.4. The van der Waals surface area contributed by atoms with Gasteiger partial charge in [0.05, 0.1) is 36.7 Å². The average Bonchev–Trinajstić information content (AvgIpc) is 2.71. The summed E-state index contributed by atoms with van der Waals surface area (Å²) in [7, 11) is 2.83. The Morgan fingerprint density at radius 2 is 2.04 bits per heavy atom. The minimum absolute atomic E-state index is 0.0891. The summed E-state index contributed by atoms with van der Waals surface area (Å²) in [4.78, 5) is 20.4. The van der Waals surface area contributed by atoms with Crippen LogP contribution in [0.3, 0.4) is 0 Å². The normalized spacial score (nSPS) is 12.6. The second-order valence-electron chi connectivity index (χ2n) is 5.92. The molecule has 3 rings (SSSR count). The van der Waals surface area contributed by atoms with E-state index < -0.39 is 5.82 Å². The van der Waals surface area contributed by atoms with Crippen LogP contribution in [0.2, 0.25) is 0 Å². The molecule has 1 aromatic carbocycles. The lowest BCUT2D eigenvalue weighted by atomic mass is 9.97. The molecule has 1 aliphatic heterocycles. The summed E-state index contributed by atoms with van der Waals surface area (Å²) >= 11 is 0. The number of carbonyl (C=O) groups excluding carboxylic acids is 1. The second kappa shape index (κ2) is 7.99. The first kappa shape index (κ1) is 19.2. The highest BCUT2D eigenvalue weighted by atomic mass is 19.1. The number of hydrogen-bond acceptors (Lipinski definition) is 8. The van der Waals surface area contributed by atoms with Gasteiger partial charge in [0.15, 0.2) is 0 Å². The fourth-order valence-corrected chi connectivity index (χ4v) is 2.80. The number of nitrogens with zero attached hydrogens (tertiary/aromatic N) is 2. The Morgan fingerprint density at radius 1 is 1.25 bits per heavy atom. The van der Waals surface area contributed by atoms with Gasteiger partial charge in [-0.25, -0.2) is 9.37 Å². The highest BCUT2D eigenvalue weighted by Crippen LogP contribution is 2.40. The van der Waals surface area contributed by atoms with Crippen LogP contribution < -0.4 is 31.4 Å². The third kappa shape index (κ3) is 3.36. The number of methoxy groups -OCH3 is 2. The molecule has 1 aromatic heterocycles. The first-order valence-electron chi connectivity index (χ1n) is 8.60. The number of ether oxygens (including phenoxy) is 2. The van der Waals surface area contributed by atoms with E-state index in [9.17, 15) is 9.18 Å². The molecule has 28 heavy (non-hydrogen) atoms. The minimum atomic E-state index is -0.535. The van der Waals surface area contributed by atoms with Crippen LogP contribution in [0.5, 0.6) is 11.9 Å². The smallest absolute Gasteiger partial charge is 0.319 e. The van der Waals surface area contributed by atoms with Crippen molar-refractivity contribution in [1.29, 1.82) is 0 Å². The van der Waals surface area contributed by atoms with Gasteiger partial charge in [0.1, 0.15) is 11.5 Å². The number of aromatic nitrogens is 2. The summed E-state index contributed by atoms with van der Waals surface area (Å²) in [5.74, 6) is -0.754. The number of carbonyl (C=O) groups is 1. The van der Waals surface area contributed by atoms with Crippen molar-refractivity contribution in [3.8, 4) is 23.0 Å². The molecule has 0 spiro atoms. The number of nitrogens with one attached hydrogen (secondary N) is 3. The van der Waals surface area contributed by atoms with E-state index in [0.29, 0.717) is 23.4 Å². The molecule has 2 heterocycles.